The summed E-state index contributed by atoms with van der Waals surface area (Å²) in [6.45, 7) is 2.09. The normalized spacial score (nSPS) is 10.9. The summed E-state index contributed by atoms with van der Waals surface area (Å²) in [6, 6.07) is 16.5. The number of aromatic nitrogens is 1. The van der Waals surface area contributed by atoms with Gasteiger partial charge in [-0.1, -0.05) is 41.4 Å². The standard InChI is InChI=1S/C15H12ClN/c1-10-2-4-11(5-3-10)15-9-12-8-13(16)6-7-14(12)17-15/h2-9,17H,1H3. The predicted molar refractivity (Wildman–Crippen MR) is 73.5 cm³/mol. The topological polar surface area (TPSA) is 15.8 Å². The van der Waals surface area contributed by atoms with Gasteiger partial charge in [0.2, 0.25) is 0 Å². The number of aromatic amines is 1. The van der Waals surface area contributed by atoms with Gasteiger partial charge in [-0.05, 0) is 36.8 Å². The lowest BCUT2D eigenvalue weighted by molar-refractivity contribution is 1.42. The maximum Gasteiger partial charge on any atom is 0.0464 e. The lowest BCUT2D eigenvalue weighted by Gasteiger charge is -1.97. The zero-order chi connectivity index (χ0) is 11.8. The molecule has 0 saturated carbocycles. The van der Waals surface area contributed by atoms with Crippen molar-refractivity contribution in [2.45, 2.75) is 6.92 Å². The van der Waals surface area contributed by atoms with Crippen LogP contribution >= 0.6 is 11.6 Å². The van der Waals surface area contributed by atoms with Crippen LogP contribution in [0.2, 0.25) is 5.02 Å². The second-order valence-corrected chi connectivity index (χ2v) is 4.72. The molecule has 0 aliphatic carbocycles. The summed E-state index contributed by atoms with van der Waals surface area (Å²) < 4.78 is 0. The molecule has 0 bridgehead atoms. The molecule has 0 aliphatic heterocycles. The van der Waals surface area contributed by atoms with E-state index in [1.807, 2.05) is 18.2 Å². The fraction of sp³-hybridized carbons (Fsp3) is 0.0667. The van der Waals surface area contributed by atoms with E-state index in [2.05, 4.69) is 42.2 Å². The van der Waals surface area contributed by atoms with Gasteiger partial charge in [0.05, 0.1) is 0 Å². The van der Waals surface area contributed by atoms with Crippen LogP contribution in [0.25, 0.3) is 22.2 Å². The Morgan fingerprint density at radius 1 is 0.941 bits per heavy atom. The Hall–Kier alpha value is -1.73. The zero-order valence-electron chi connectivity index (χ0n) is 9.50. The number of aryl methyl sites for hydroxylation is 1. The van der Waals surface area contributed by atoms with Crippen LogP contribution in [-0.4, -0.2) is 4.98 Å². The molecule has 1 heterocycles. The fourth-order valence-corrected chi connectivity index (χ4v) is 2.17. The summed E-state index contributed by atoms with van der Waals surface area (Å²) in [5.41, 5.74) is 4.71. The van der Waals surface area contributed by atoms with E-state index in [1.54, 1.807) is 0 Å². The number of hydrogen-bond acceptors (Lipinski definition) is 0. The molecule has 0 aliphatic rings. The van der Waals surface area contributed by atoms with Crippen molar-refractivity contribution in [1.29, 1.82) is 0 Å². The summed E-state index contributed by atoms with van der Waals surface area (Å²) in [4.78, 5) is 3.40. The summed E-state index contributed by atoms with van der Waals surface area (Å²) in [5, 5.41) is 1.92. The first-order valence-corrected chi connectivity index (χ1v) is 5.95. The lowest BCUT2D eigenvalue weighted by atomic mass is 10.1. The minimum atomic E-state index is 0.770. The van der Waals surface area contributed by atoms with Crippen LogP contribution in [0.3, 0.4) is 0 Å². The van der Waals surface area contributed by atoms with E-state index in [9.17, 15) is 0 Å². The van der Waals surface area contributed by atoms with Gasteiger partial charge < -0.3 is 4.98 Å². The average Bonchev–Trinajstić information content (AvgIpc) is 2.72. The van der Waals surface area contributed by atoms with Crippen molar-refractivity contribution in [3.63, 3.8) is 0 Å². The molecule has 0 atom stereocenters. The average molecular weight is 242 g/mol. The molecule has 3 rings (SSSR count). The van der Waals surface area contributed by atoms with E-state index >= 15 is 0 Å². The maximum atomic E-state index is 5.98. The van der Waals surface area contributed by atoms with Crippen molar-refractivity contribution >= 4 is 22.5 Å². The van der Waals surface area contributed by atoms with Crippen LogP contribution in [0.5, 0.6) is 0 Å². The zero-order valence-corrected chi connectivity index (χ0v) is 10.3. The molecule has 17 heavy (non-hydrogen) atoms. The number of halogens is 1. The Morgan fingerprint density at radius 3 is 2.47 bits per heavy atom. The summed E-state index contributed by atoms with van der Waals surface area (Å²) in [7, 11) is 0. The van der Waals surface area contributed by atoms with E-state index in [0.717, 1.165) is 21.6 Å². The van der Waals surface area contributed by atoms with Gasteiger partial charge >= 0.3 is 0 Å². The Morgan fingerprint density at radius 2 is 1.71 bits per heavy atom. The smallest absolute Gasteiger partial charge is 0.0464 e. The molecule has 1 nitrogen and oxygen atoms in total. The number of fused-ring (bicyclic) bond motifs is 1. The number of hydrogen-bond donors (Lipinski definition) is 1. The van der Waals surface area contributed by atoms with Crippen molar-refractivity contribution < 1.29 is 0 Å². The highest BCUT2D eigenvalue weighted by atomic mass is 35.5. The Kier molecular flexibility index (Phi) is 2.41. The van der Waals surface area contributed by atoms with Gasteiger partial charge in [0.15, 0.2) is 0 Å². The number of nitrogens with one attached hydrogen (secondary N) is 1. The molecule has 0 fully saturated rings. The van der Waals surface area contributed by atoms with Crippen LogP contribution < -0.4 is 0 Å². The van der Waals surface area contributed by atoms with Gasteiger partial charge in [0.1, 0.15) is 0 Å². The molecule has 0 saturated heterocycles. The van der Waals surface area contributed by atoms with Gasteiger partial charge in [0, 0.05) is 21.6 Å². The largest absolute Gasteiger partial charge is 0.355 e. The summed E-state index contributed by atoms with van der Waals surface area (Å²) >= 11 is 5.98. The van der Waals surface area contributed by atoms with E-state index < -0.39 is 0 Å². The lowest BCUT2D eigenvalue weighted by Crippen LogP contribution is -1.77. The van der Waals surface area contributed by atoms with E-state index in [0.29, 0.717) is 0 Å². The molecule has 84 valence electrons. The quantitative estimate of drug-likeness (QED) is 0.630. The summed E-state index contributed by atoms with van der Waals surface area (Å²) in [6.07, 6.45) is 0. The molecule has 2 aromatic carbocycles. The van der Waals surface area contributed by atoms with Crippen LogP contribution in [0.15, 0.2) is 48.5 Å². The van der Waals surface area contributed by atoms with Gasteiger partial charge in [0.25, 0.3) is 0 Å². The molecule has 0 radical (unpaired) electrons. The first-order chi connectivity index (χ1) is 8.22. The third kappa shape index (κ3) is 1.94. The third-order valence-electron chi connectivity index (χ3n) is 2.95. The highest BCUT2D eigenvalue weighted by Gasteiger charge is 2.03. The molecule has 0 unspecified atom stereocenters. The highest BCUT2D eigenvalue weighted by molar-refractivity contribution is 6.31. The predicted octanol–water partition coefficient (Wildman–Crippen LogP) is 4.80. The van der Waals surface area contributed by atoms with Gasteiger partial charge in [-0.3, -0.25) is 0 Å². The van der Waals surface area contributed by atoms with Crippen molar-refractivity contribution in [3.8, 4) is 11.3 Å². The Bertz CT molecular complexity index is 665. The van der Waals surface area contributed by atoms with Crippen molar-refractivity contribution in [1.82, 2.24) is 4.98 Å². The van der Waals surface area contributed by atoms with Crippen molar-refractivity contribution in [2.24, 2.45) is 0 Å². The van der Waals surface area contributed by atoms with Crippen LogP contribution in [-0.2, 0) is 0 Å². The van der Waals surface area contributed by atoms with Crippen LogP contribution in [0.1, 0.15) is 5.56 Å². The molecular formula is C15H12ClN. The van der Waals surface area contributed by atoms with E-state index in [4.69, 9.17) is 11.6 Å². The van der Waals surface area contributed by atoms with Gasteiger partial charge in [-0.2, -0.15) is 0 Å². The monoisotopic (exact) mass is 241 g/mol. The first kappa shape index (κ1) is 10.4. The highest BCUT2D eigenvalue weighted by Crippen LogP contribution is 2.26. The number of rotatable bonds is 1. The van der Waals surface area contributed by atoms with Crippen molar-refractivity contribution in [2.75, 3.05) is 0 Å². The van der Waals surface area contributed by atoms with Crippen LogP contribution in [0.4, 0.5) is 0 Å². The summed E-state index contributed by atoms with van der Waals surface area (Å²) in [5.74, 6) is 0. The minimum Gasteiger partial charge on any atom is -0.355 e. The number of benzene rings is 2. The van der Waals surface area contributed by atoms with Gasteiger partial charge in [-0.15, -0.1) is 0 Å². The minimum absolute atomic E-state index is 0.770. The molecule has 0 spiro atoms. The van der Waals surface area contributed by atoms with E-state index in [-0.39, 0.29) is 0 Å². The molecule has 0 amide bonds. The SMILES string of the molecule is Cc1ccc(-c2cc3cc(Cl)ccc3[nH]2)cc1. The molecule has 2 heteroatoms. The van der Waals surface area contributed by atoms with Crippen molar-refractivity contribution in [3.05, 3.63) is 59.1 Å². The second kappa shape index (κ2) is 3.94. The maximum absolute atomic E-state index is 5.98. The Balaban J connectivity index is 2.14. The third-order valence-corrected chi connectivity index (χ3v) is 3.18. The van der Waals surface area contributed by atoms with E-state index in [1.165, 1.54) is 11.1 Å². The first-order valence-electron chi connectivity index (χ1n) is 5.58. The molecule has 1 N–H and O–H groups in total. The Labute approximate surface area is 105 Å². The van der Waals surface area contributed by atoms with Gasteiger partial charge in [-0.25, -0.2) is 0 Å². The molecular weight excluding hydrogens is 230 g/mol. The van der Waals surface area contributed by atoms with Crippen LogP contribution in [0, 0.1) is 6.92 Å². The second-order valence-electron chi connectivity index (χ2n) is 4.28. The number of H-pyrrole nitrogens is 1. The molecule has 1 aromatic heterocycles. The molecule has 3 aromatic rings. The fourth-order valence-electron chi connectivity index (χ4n) is 1.99.